The molecule has 0 aliphatic carbocycles. The number of anilines is 1. The molecule has 2 aromatic rings. The number of hydrogen-bond donors (Lipinski definition) is 1. The standard InChI is InChI=1S/C18H21F2N3O2/c1-11-5-6-25-16(7-11)18(24)22-17-12(2)9-21-23(17)10-13-8-14(19)3-4-15(13)20/h3-4,8-9,11,16H,5-7,10H2,1-2H3,(H,22,24)/t11-,16-/m0/s1. The number of aromatic nitrogens is 2. The molecule has 1 N–H and O–H groups in total. The van der Waals surface area contributed by atoms with Crippen LogP contribution in [0.15, 0.2) is 24.4 Å². The second-order valence-corrected chi connectivity index (χ2v) is 6.55. The zero-order valence-electron chi connectivity index (χ0n) is 14.3. The molecular weight excluding hydrogens is 328 g/mol. The van der Waals surface area contributed by atoms with Crippen LogP contribution in [0, 0.1) is 24.5 Å². The fourth-order valence-electron chi connectivity index (χ4n) is 2.93. The van der Waals surface area contributed by atoms with Crippen molar-refractivity contribution in [2.24, 2.45) is 5.92 Å². The maximum absolute atomic E-state index is 13.9. The Labute approximate surface area is 145 Å². The quantitative estimate of drug-likeness (QED) is 0.922. The van der Waals surface area contributed by atoms with Gasteiger partial charge in [-0.2, -0.15) is 5.10 Å². The fraction of sp³-hybridized carbons (Fsp3) is 0.444. The van der Waals surface area contributed by atoms with Gasteiger partial charge < -0.3 is 10.1 Å². The van der Waals surface area contributed by atoms with E-state index in [2.05, 4.69) is 17.3 Å². The van der Waals surface area contributed by atoms with Gasteiger partial charge in [0.1, 0.15) is 23.6 Å². The number of carbonyl (C=O) groups excluding carboxylic acids is 1. The Morgan fingerprint density at radius 2 is 2.24 bits per heavy atom. The highest BCUT2D eigenvalue weighted by molar-refractivity contribution is 5.94. The minimum atomic E-state index is -0.518. The van der Waals surface area contributed by atoms with Gasteiger partial charge in [0.15, 0.2) is 0 Å². The molecule has 1 saturated heterocycles. The number of benzene rings is 1. The summed E-state index contributed by atoms with van der Waals surface area (Å²) in [5.74, 6) is -0.379. The minimum absolute atomic E-state index is 0.0228. The summed E-state index contributed by atoms with van der Waals surface area (Å²) in [5.41, 5.74) is 0.912. The van der Waals surface area contributed by atoms with Gasteiger partial charge in [0.25, 0.3) is 5.91 Å². The highest BCUT2D eigenvalue weighted by Gasteiger charge is 2.27. The molecule has 1 aliphatic heterocycles. The normalized spacial score (nSPS) is 20.5. The monoisotopic (exact) mass is 349 g/mol. The first-order chi connectivity index (χ1) is 11.9. The lowest BCUT2D eigenvalue weighted by Gasteiger charge is -2.26. The molecule has 25 heavy (non-hydrogen) atoms. The van der Waals surface area contributed by atoms with Gasteiger partial charge in [-0.3, -0.25) is 4.79 Å². The van der Waals surface area contributed by atoms with Crippen LogP contribution >= 0.6 is 0 Å². The average molecular weight is 349 g/mol. The van der Waals surface area contributed by atoms with Crippen LogP contribution in [0.25, 0.3) is 0 Å². The molecular formula is C18H21F2N3O2. The third-order valence-electron chi connectivity index (χ3n) is 4.43. The van der Waals surface area contributed by atoms with Crippen molar-refractivity contribution in [2.45, 2.75) is 39.3 Å². The van der Waals surface area contributed by atoms with Gasteiger partial charge in [0, 0.05) is 17.7 Å². The molecule has 0 unspecified atom stereocenters. The number of hydrogen-bond acceptors (Lipinski definition) is 3. The largest absolute Gasteiger partial charge is 0.368 e. The van der Waals surface area contributed by atoms with E-state index in [0.717, 1.165) is 30.2 Å². The molecule has 0 radical (unpaired) electrons. The van der Waals surface area contributed by atoms with E-state index in [0.29, 0.717) is 24.8 Å². The summed E-state index contributed by atoms with van der Waals surface area (Å²) in [6, 6.07) is 3.28. The van der Waals surface area contributed by atoms with Crippen LogP contribution in [0.4, 0.5) is 14.6 Å². The molecule has 1 aliphatic rings. The maximum Gasteiger partial charge on any atom is 0.254 e. The third kappa shape index (κ3) is 4.04. The molecule has 0 spiro atoms. The summed E-state index contributed by atoms with van der Waals surface area (Å²) in [4.78, 5) is 12.5. The Kier molecular flexibility index (Phi) is 5.13. The van der Waals surface area contributed by atoms with E-state index in [9.17, 15) is 13.6 Å². The number of rotatable bonds is 4. The van der Waals surface area contributed by atoms with Crippen molar-refractivity contribution in [1.29, 1.82) is 0 Å². The summed E-state index contributed by atoms with van der Waals surface area (Å²) in [7, 11) is 0. The topological polar surface area (TPSA) is 56.2 Å². The Morgan fingerprint density at radius 3 is 3.00 bits per heavy atom. The number of nitrogens with one attached hydrogen (secondary N) is 1. The molecule has 1 aromatic heterocycles. The molecule has 5 nitrogen and oxygen atoms in total. The van der Waals surface area contributed by atoms with Crippen LogP contribution in [-0.2, 0) is 16.1 Å². The van der Waals surface area contributed by atoms with Crippen molar-refractivity contribution in [2.75, 3.05) is 11.9 Å². The molecule has 1 aromatic carbocycles. The third-order valence-corrected chi connectivity index (χ3v) is 4.43. The molecule has 0 saturated carbocycles. The summed E-state index contributed by atoms with van der Waals surface area (Å²) >= 11 is 0. The first-order valence-electron chi connectivity index (χ1n) is 8.33. The van der Waals surface area contributed by atoms with Crippen molar-refractivity contribution >= 4 is 11.7 Å². The van der Waals surface area contributed by atoms with E-state index in [1.165, 1.54) is 4.68 Å². The highest BCUT2D eigenvalue weighted by atomic mass is 19.1. The van der Waals surface area contributed by atoms with Crippen molar-refractivity contribution in [3.8, 4) is 0 Å². The summed E-state index contributed by atoms with van der Waals surface area (Å²) < 4.78 is 34.2. The lowest BCUT2D eigenvalue weighted by molar-refractivity contribution is -0.131. The van der Waals surface area contributed by atoms with E-state index >= 15 is 0 Å². The van der Waals surface area contributed by atoms with E-state index in [-0.39, 0.29) is 18.0 Å². The van der Waals surface area contributed by atoms with E-state index in [1.807, 2.05) is 0 Å². The van der Waals surface area contributed by atoms with Crippen molar-refractivity contribution < 1.29 is 18.3 Å². The van der Waals surface area contributed by atoms with E-state index < -0.39 is 17.7 Å². The maximum atomic E-state index is 13.9. The summed E-state index contributed by atoms with van der Waals surface area (Å²) in [6.45, 7) is 4.47. The molecule has 134 valence electrons. The Morgan fingerprint density at radius 1 is 1.44 bits per heavy atom. The van der Waals surface area contributed by atoms with Gasteiger partial charge in [-0.25, -0.2) is 13.5 Å². The van der Waals surface area contributed by atoms with Crippen LogP contribution in [0.1, 0.15) is 30.9 Å². The SMILES string of the molecule is Cc1cnn(Cc2cc(F)ccc2F)c1NC(=O)[C@@H]1C[C@@H](C)CCO1. The molecule has 0 bridgehead atoms. The van der Waals surface area contributed by atoms with Crippen molar-refractivity contribution in [3.05, 3.63) is 47.2 Å². The molecule has 1 amide bonds. The zero-order chi connectivity index (χ0) is 18.0. The van der Waals surface area contributed by atoms with Gasteiger partial charge in [-0.15, -0.1) is 0 Å². The van der Waals surface area contributed by atoms with Crippen LogP contribution in [-0.4, -0.2) is 28.4 Å². The fourth-order valence-corrected chi connectivity index (χ4v) is 2.93. The van der Waals surface area contributed by atoms with Crippen LogP contribution < -0.4 is 5.32 Å². The number of nitrogens with zero attached hydrogens (tertiary/aromatic N) is 2. The second-order valence-electron chi connectivity index (χ2n) is 6.55. The highest BCUT2D eigenvalue weighted by Crippen LogP contribution is 2.22. The Balaban J connectivity index is 1.77. The van der Waals surface area contributed by atoms with E-state index in [4.69, 9.17) is 4.74 Å². The van der Waals surface area contributed by atoms with Crippen LogP contribution in [0.2, 0.25) is 0 Å². The number of carbonyl (C=O) groups is 1. The number of ether oxygens (including phenoxy) is 1. The van der Waals surface area contributed by atoms with Gasteiger partial charge in [-0.1, -0.05) is 6.92 Å². The van der Waals surface area contributed by atoms with Crippen molar-refractivity contribution in [1.82, 2.24) is 9.78 Å². The predicted octanol–water partition coefficient (Wildman–Crippen LogP) is 3.27. The molecule has 7 heteroatoms. The first kappa shape index (κ1) is 17.5. The molecule has 2 atom stereocenters. The van der Waals surface area contributed by atoms with Gasteiger partial charge in [-0.05, 0) is 43.9 Å². The Bertz CT molecular complexity index is 776. The molecule has 1 fully saturated rings. The second kappa shape index (κ2) is 7.31. The number of aryl methyl sites for hydroxylation is 1. The smallest absolute Gasteiger partial charge is 0.254 e. The number of amides is 1. The van der Waals surface area contributed by atoms with Gasteiger partial charge in [0.05, 0.1) is 12.7 Å². The minimum Gasteiger partial charge on any atom is -0.368 e. The van der Waals surface area contributed by atoms with Crippen molar-refractivity contribution in [3.63, 3.8) is 0 Å². The van der Waals surface area contributed by atoms with Gasteiger partial charge >= 0.3 is 0 Å². The molecule has 2 heterocycles. The van der Waals surface area contributed by atoms with Gasteiger partial charge in [0.2, 0.25) is 0 Å². The average Bonchev–Trinajstić information content (AvgIpc) is 2.91. The predicted molar refractivity (Wildman–Crippen MR) is 89.2 cm³/mol. The molecule has 3 rings (SSSR count). The lowest BCUT2D eigenvalue weighted by Crippen LogP contribution is -2.36. The first-order valence-corrected chi connectivity index (χ1v) is 8.33. The summed E-state index contributed by atoms with van der Waals surface area (Å²) in [5, 5.41) is 6.99. The zero-order valence-corrected chi connectivity index (χ0v) is 14.3. The Hall–Kier alpha value is -2.28. The summed E-state index contributed by atoms with van der Waals surface area (Å²) in [6.07, 6.45) is 2.69. The number of halogens is 2. The van der Waals surface area contributed by atoms with E-state index in [1.54, 1.807) is 13.1 Å². The lowest BCUT2D eigenvalue weighted by atomic mass is 9.97. The van der Waals surface area contributed by atoms with Crippen LogP contribution in [0.5, 0.6) is 0 Å². The van der Waals surface area contributed by atoms with Crippen LogP contribution in [0.3, 0.4) is 0 Å².